The van der Waals surface area contributed by atoms with Crippen molar-refractivity contribution in [3.05, 3.63) is 58.7 Å². The first-order valence-corrected chi connectivity index (χ1v) is 16.7. The van der Waals surface area contributed by atoms with Gasteiger partial charge in [-0.15, -0.1) is 0 Å². The normalized spacial score (nSPS) is 15.5. The summed E-state index contributed by atoms with van der Waals surface area (Å²) >= 11 is -2.39. The summed E-state index contributed by atoms with van der Waals surface area (Å²) in [5, 5.41) is 5.50. The summed E-state index contributed by atoms with van der Waals surface area (Å²) in [6, 6.07) is 9.19. The van der Waals surface area contributed by atoms with E-state index in [1.807, 2.05) is 34.6 Å². The van der Waals surface area contributed by atoms with Crippen molar-refractivity contribution in [1.82, 2.24) is 14.5 Å². The quantitative estimate of drug-likeness (QED) is 0.138. The van der Waals surface area contributed by atoms with Gasteiger partial charge >= 0.3 is 18.0 Å². The molecule has 0 aromatic heterocycles. The van der Waals surface area contributed by atoms with Gasteiger partial charge in [0.1, 0.15) is 5.75 Å². The van der Waals surface area contributed by atoms with E-state index in [-0.39, 0.29) is 38.2 Å². The Hall–Kier alpha value is -4.34. The maximum atomic E-state index is 13.8. The summed E-state index contributed by atoms with van der Waals surface area (Å²) in [6.07, 6.45) is 1.50. The standard InChI is InChI=1S/C33H44N4O10S/c1-7-9-27(38)46-19-36(48(43)44)18-21-11-13-23(14-12-21)35-30(40)24-15-22(16-26(29(24)45-6)33(3,4)5)25-17-34-32(42)37(31(25)41)20-47-28(39)10-8-2/h11-16,25H,7-10,17-20H2,1-6H3,(H,34,42)(H,35,40)(H,43,44). The molecule has 3 rings (SSSR count). The Morgan fingerprint density at radius 3 is 2.23 bits per heavy atom. The molecule has 1 aliphatic rings. The molecule has 14 nitrogen and oxygen atoms in total. The predicted molar refractivity (Wildman–Crippen MR) is 177 cm³/mol. The van der Waals surface area contributed by atoms with Gasteiger partial charge in [-0.05, 0) is 47.6 Å². The molecule has 2 atom stereocenters. The number of carbonyl (C=O) groups excluding carboxylic acids is 5. The van der Waals surface area contributed by atoms with Gasteiger partial charge in [0.2, 0.25) is 17.2 Å². The highest BCUT2D eigenvalue weighted by molar-refractivity contribution is 7.76. The molecule has 4 amide bonds. The number of methoxy groups -OCH3 is 1. The van der Waals surface area contributed by atoms with E-state index in [4.69, 9.17) is 14.2 Å². The van der Waals surface area contributed by atoms with Crippen LogP contribution in [0.2, 0.25) is 0 Å². The number of carbonyl (C=O) groups is 5. The summed E-state index contributed by atoms with van der Waals surface area (Å²) in [5.74, 6) is -2.65. The highest BCUT2D eigenvalue weighted by Crippen LogP contribution is 2.38. The van der Waals surface area contributed by atoms with Crippen LogP contribution in [0.1, 0.15) is 93.3 Å². The van der Waals surface area contributed by atoms with Crippen LogP contribution >= 0.6 is 0 Å². The van der Waals surface area contributed by atoms with Gasteiger partial charge in [-0.3, -0.25) is 23.7 Å². The van der Waals surface area contributed by atoms with Crippen molar-refractivity contribution in [3.63, 3.8) is 0 Å². The Balaban J connectivity index is 1.86. The molecule has 2 aromatic carbocycles. The fraction of sp³-hybridized carbons (Fsp3) is 0.485. The zero-order chi connectivity index (χ0) is 35.6. The molecular formula is C33H44N4O10S. The van der Waals surface area contributed by atoms with Gasteiger partial charge in [0, 0.05) is 37.2 Å². The second-order valence-corrected chi connectivity index (χ2v) is 13.2. The maximum absolute atomic E-state index is 13.8. The number of esters is 2. The lowest BCUT2D eigenvalue weighted by Gasteiger charge is -2.32. The Morgan fingerprint density at radius 1 is 1.04 bits per heavy atom. The first-order valence-electron chi connectivity index (χ1n) is 15.6. The van der Waals surface area contributed by atoms with E-state index in [0.29, 0.717) is 41.0 Å². The van der Waals surface area contributed by atoms with Crippen LogP contribution in [0.25, 0.3) is 0 Å². The summed E-state index contributed by atoms with van der Waals surface area (Å²) in [5.41, 5.74) is 1.81. The Bertz CT molecular complexity index is 1520. The van der Waals surface area contributed by atoms with Crippen LogP contribution < -0.4 is 15.4 Å². The van der Waals surface area contributed by atoms with Gasteiger partial charge in [-0.25, -0.2) is 13.9 Å². The van der Waals surface area contributed by atoms with Gasteiger partial charge in [-0.1, -0.05) is 52.8 Å². The molecule has 3 N–H and O–H groups in total. The summed E-state index contributed by atoms with van der Waals surface area (Å²) in [7, 11) is 1.45. The molecule has 0 bridgehead atoms. The molecule has 1 saturated heterocycles. The SMILES string of the molecule is CCCC(=O)OCN1C(=O)NCC(c2cc(C(=O)Nc3ccc(CN(COC(=O)CCC)S(=O)O)cc3)c(OC)c(C(C)(C)C)c2)C1=O. The van der Waals surface area contributed by atoms with Crippen molar-refractivity contribution in [1.29, 1.82) is 0 Å². The lowest BCUT2D eigenvalue weighted by molar-refractivity contribution is -0.151. The highest BCUT2D eigenvalue weighted by Gasteiger charge is 2.37. The van der Waals surface area contributed by atoms with Crippen molar-refractivity contribution in [3.8, 4) is 5.75 Å². The number of imide groups is 1. The van der Waals surface area contributed by atoms with E-state index < -0.39 is 59.1 Å². The number of hydrogen-bond acceptors (Lipinski definition) is 9. The smallest absolute Gasteiger partial charge is 0.326 e. The lowest BCUT2D eigenvalue weighted by atomic mass is 9.81. The topological polar surface area (TPSA) is 181 Å². The van der Waals surface area contributed by atoms with E-state index in [9.17, 15) is 32.7 Å². The summed E-state index contributed by atoms with van der Waals surface area (Å²) < 4.78 is 38.4. The molecule has 2 unspecified atom stereocenters. The Morgan fingerprint density at radius 2 is 1.67 bits per heavy atom. The lowest BCUT2D eigenvalue weighted by Crippen LogP contribution is -2.54. The first-order chi connectivity index (χ1) is 22.7. The van der Waals surface area contributed by atoms with E-state index in [1.54, 1.807) is 36.4 Å². The van der Waals surface area contributed by atoms with E-state index in [2.05, 4.69) is 10.6 Å². The highest BCUT2D eigenvalue weighted by atomic mass is 32.2. The molecule has 262 valence electrons. The zero-order valence-electron chi connectivity index (χ0n) is 28.1. The van der Waals surface area contributed by atoms with Crippen LogP contribution in [-0.2, 0) is 47.1 Å². The molecule has 0 aliphatic carbocycles. The number of rotatable bonds is 15. The van der Waals surface area contributed by atoms with E-state index >= 15 is 0 Å². The third kappa shape index (κ3) is 10.1. The molecule has 1 fully saturated rings. The Kier molecular flexibility index (Phi) is 13.6. The van der Waals surface area contributed by atoms with Crippen molar-refractivity contribution in [2.75, 3.05) is 32.4 Å². The molecule has 0 spiro atoms. The zero-order valence-corrected chi connectivity index (χ0v) is 28.9. The van der Waals surface area contributed by atoms with Crippen molar-refractivity contribution >= 4 is 46.7 Å². The van der Waals surface area contributed by atoms with Crippen LogP contribution in [-0.4, -0.2) is 74.9 Å². The minimum Gasteiger partial charge on any atom is -0.496 e. The third-order valence-corrected chi connectivity index (χ3v) is 8.14. The second kappa shape index (κ2) is 17.2. The van der Waals surface area contributed by atoms with Gasteiger partial charge in [0.05, 0.1) is 18.6 Å². The van der Waals surface area contributed by atoms with Gasteiger partial charge in [0.15, 0.2) is 13.5 Å². The fourth-order valence-corrected chi connectivity index (χ4v) is 5.32. The monoisotopic (exact) mass is 688 g/mol. The largest absolute Gasteiger partial charge is 0.496 e. The van der Waals surface area contributed by atoms with Crippen LogP contribution in [0.3, 0.4) is 0 Å². The van der Waals surface area contributed by atoms with Crippen molar-refractivity contribution in [2.45, 2.75) is 78.2 Å². The molecule has 15 heteroatoms. The molecule has 0 saturated carbocycles. The van der Waals surface area contributed by atoms with Crippen molar-refractivity contribution < 1.29 is 46.9 Å². The second-order valence-electron chi connectivity index (χ2n) is 12.2. The molecular weight excluding hydrogens is 644 g/mol. The number of ether oxygens (including phenoxy) is 3. The first kappa shape index (κ1) is 38.1. The number of urea groups is 1. The summed E-state index contributed by atoms with van der Waals surface area (Å²) in [6.45, 7) is 8.53. The minimum atomic E-state index is -2.39. The van der Waals surface area contributed by atoms with Crippen LogP contribution in [0.15, 0.2) is 36.4 Å². The molecule has 1 heterocycles. The van der Waals surface area contributed by atoms with Crippen LogP contribution in [0, 0.1) is 0 Å². The van der Waals surface area contributed by atoms with Gasteiger partial charge in [0.25, 0.3) is 5.91 Å². The number of amides is 4. The predicted octanol–water partition coefficient (Wildman–Crippen LogP) is 4.42. The van der Waals surface area contributed by atoms with Crippen LogP contribution in [0.4, 0.5) is 10.5 Å². The van der Waals surface area contributed by atoms with Gasteiger partial charge in [-0.2, -0.15) is 4.31 Å². The number of nitrogens with zero attached hydrogens (tertiary/aromatic N) is 2. The molecule has 48 heavy (non-hydrogen) atoms. The number of benzene rings is 2. The van der Waals surface area contributed by atoms with Gasteiger partial charge < -0.3 is 24.8 Å². The minimum absolute atomic E-state index is 0.00231. The molecule has 1 aliphatic heterocycles. The Labute approximate surface area is 282 Å². The maximum Gasteiger partial charge on any atom is 0.326 e. The van der Waals surface area contributed by atoms with Crippen LogP contribution in [0.5, 0.6) is 5.75 Å². The average Bonchev–Trinajstić information content (AvgIpc) is 3.02. The molecule has 0 radical (unpaired) electrons. The number of hydrogen-bond donors (Lipinski definition) is 3. The van der Waals surface area contributed by atoms with Crippen molar-refractivity contribution in [2.24, 2.45) is 0 Å². The number of nitrogens with one attached hydrogen (secondary N) is 2. The molecule has 2 aromatic rings. The van der Waals surface area contributed by atoms with E-state index in [0.717, 1.165) is 9.21 Å². The summed E-state index contributed by atoms with van der Waals surface area (Å²) in [4.78, 5) is 64.3. The van der Waals surface area contributed by atoms with E-state index in [1.165, 1.54) is 7.11 Å². The third-order valence-electron chi connectivity index (χ3n) is 7.46. The fourth-order valence-electron chi connectivity index (χ4n) is 4.92. The number of anilines is 1. The average molecular weight is 689 g/mol.